The van der Waals surface area contributed by atoms with E-state index in [0.29, 0.717) is 6.42 Å². The van der Waals surface area contributed by atoms with Crippen LogP contribution in [0.4, 0.5) is 13.2 Å². The van der Waals surface area contributed by atoms with Crippen molar-refractivity contribution in [3.63, 3.8) is 0 Å². The van der Waals surface area contributed by atoms with Crippen LogP contribution in [0.1, 0.15) is 91.7 Å². The predicted molar refractivity (Wildman–Crippen MR) is 137 cm³/mol. The van der Waals surface area contributed by atoms with Crippen LogP contribution in [0.25, 0.3) is 0 Å². The number of pyridine rings is 1. The molecule has 0 saturated heterocycles. The van der Waals surface area contributed by atoms with Crippen LogP contribution in [0.5, 0.6) is 0 Å². The number of nitrogens with one attached hydrogen (secondary N) is 1. The first-order chi connectivity index (χ1) is 18.0. The molecule has 4 rings (SSSR count). The van der Waals surface area contributed by atoms with Crippen molar-refractivity contribution >= 4 is 40.9 Å². The average Bonchev–Trinajstić information content (AvgIpc) is 3.23. The Morgan fingerprint density at radius 1 is 1.13 bits per heavy atom. The molecule has 0 radical (unpaired) electrons. The smallest absolute Gasteiger partial charge is 0.433 e. The number of rotatable bonds is 8. The first kappa shape index (κ1) is 29.3. The number of alkyl halides is 3. The zero-order valence-electron chi connectivity index (χ0n) is 21.6. The number of aliphatic carboxylic acids is 1. The fraction of sp³-hybridized carbons (Fsp3) is 0.577. The number of ketones is 1. The van der Waals surface area contributed by atoms with Crippen molar-refractivity contribution < 1.29 is 32.7 Å². The number of Topliss-reactive ketones (excluding diaryl/α,β-unsaturated/α-hetero) is 1. The maximum atomic E-state index is 14.3. The van der Waals surface area contributed by atoms with Crippen molar-refractivity contribution in [3.8, 4) is 0 Å². The molecule has 0 spiro atoms. The summed E-state index contributed by atoms with van der Waals surface area (Å²) in [4.78, 5) is 41.8. The van der Waals surface area contributed by atoms with Crippen LogP contribution >= 0.6 is 23.2 Å². The Bertz CT molecular complexity index is 1280. The molecule has 13 heteroatoms. The highest BCUT2D eigenvalue weighted by atomic mass is 35.5. The van der Waals surface area contributed by atoms with Crippen LogP contribution in [0.3, 0.4) is 0 Å². The van der Waals surface area contributed by atoms with Crippen LogP contribution in [-0.2, 0) is 11.0 Å². The Hall–Kier alpha value is -2.66. The summed E-state index contributed by atoms with van der Waals surface area (Å²) in [5.74, 6) is -2.60. The standard InChI is InChI=1S/C26H29Cl2F3N4O4/c1-24(2)9-15(24)18(8-19(36)20-16(27)11-32-12-17(20)28)34-22(37)14-10-33-35(21(14)26(29,30)31)13-4-6-25(3,7-5-13)23(38)39/h10-13,15,18H,4-9H2,1-3H3,(H,34,37)(H,38,39)/t13?,15-,18?,25?/m1/s1. The van der Waals surface area contributed by atoms with Gasteiger partial charge in [-0.1, -0.05) is 37.0 Å². The van der Waals surface area contributed by atoms with Crippen LogP contribution in [0.2, 0.25) is 10.0 Å². The molecule has 0 aliphatic heterocycles. The van der Waals surface area contributed by atoms with Gasteiger partial charge < -0.3 is 10.4 Å². The molecule has 0 bridgehead atoms. The van der Waals surface area contributed by atoms with E-state index in [1.807, 2.05) is 13.8 Å². The van der Waals surface area contributed by atoms with Crippen LogP contribution in [-0.4, -0.2) is 43.6 Å². The summed E-state index contributed by atoms with van der Waals surface area (Å²) in [5, 5.41) is 16.1. The quantitative estimate of drug-likeness (QED) is 0.353. The topological polar surface area (TPSA) is 114 Å². The van der Waals surface area contributed by atoms with Crippen molar-refractivity contribution in [1.82, 2.24) is 20.1 Å². The summed E-state index contributed by atoms with van der Waals surface area (Å²) in [7, 11) is 0. The van der Waals surface area contributed by atoms with Crippen molar-refractivity contribution in [2.45, 2.75) is 77.6 Å². The Balaban J connectivity index is 1.59. The molecule has 2 aromatic rings. The number of aromatic nitrogens is 3. The summed E-state index contributed by atoms with van der Waals surface area (Å²) in [6.07, 6.45) is -0.290. The number of carbonyl (C=O) groups excluding carboxylic acids is 2. The maximum absolute atomic E-state index is 14.3. The van der Waals surface area contributed by atoms with Crippen molar-refractivity contribution in [2.24, 2.45) is 16.7 Å². The third-order valence-electron chi connectivity index (χ3n) is 8.16. The first-order valence-electron chi connectivity index (χ1n) is 12.6. The van der Waals surface area contributed by atoms with Gasteiger partial charge in [-0.15, -0.1) is 0 Å². The zero-order chi connectivity index (χ0) is 28.9. The molecular weight excluding hydrogens is 560 g/mol. The second kappa shape index (κ2) is 10.4. The molecule has 2 atom stereocenters. The first-order valence-corrected chi connectivity index (χ1v) is 13.3. The molecule has 2 saturated carbocycles. The van der Waals surface area contributed by atoms with E-state index in [1.54, 1.807) is 6.92 Å². The van der Waals surface area contributed by atoms with E-state index in [4.69, 9.17) is 23.2 Å². The monoisotopic (exact) mass is 588 g/mol. The van der Waals surface area contributed by atoms with Gasteiger partial charge >= 0.3 is 12.1 Å². The summed E-state index contributed by atoms with van der Waals surface area (Å²) in [5.41, 5.74) is -3.03. The van der Waals surface area contributed by atoms with E-state index >= 15 is 0 Å². The average molecular weight is 589 g/mol. The van der Waals surface area contributed by atoms with E-state index in [-0.39, 0.29) is 59.0 Å². The number of carboxylic acid groups (broad SMARTS) is 1. The van der Waals surface area contributed by atoms with E-state index in [2.05, 4.69) is 15.4 Å². The fourth-order valence-electron chi connectivity index (χ4n) is 5.50. The minimum absolute atomic E-state index is 0.0414. The number of amides is 1. The molecule has 2 aliphatic carbocycles. The molecule has 8 nitrogen and oxygen atoms in total. The van der Waals surface area contributed by atoms with Crippen molar-refractivity contribution in [1.29, 1.82) is 0 Å². The van der Waals surface area contributed by atoms with Crippen LogP contribution in [0.15, 0.2) is 18.6 Å². The molecular formula is C26H29Cl2F3N4O4. The Labute approximate surface area is 233 Å². The number of halogens is 5. The third-order valence-corrected chi connectivity index (χ3v) is 8.73. The molecule has 2 aliphatic rings. The molecule has 2 heterocycles. The number of carbonyl (C=O) groups is 3. The van der Waals surface area contributed by atoms with E-state index < -0.39 is 52.6 Å². The number of hydrogen-bond acceptors (Lipinski definition) is 5. The van der Waals surface area contributed by atoms with Crippen molar-refractivity contribution in [3.05, 3.63) is 45.5 Å². The molecule has 39 heavy (non-hydrogen) atoms. The fourth-order valence-corrected chi connectivity index (χ4v) is 6.08. The van der Waals surface area contributed by atoms with Crippen LogP contribution < -0.4 is 5.32 Å². The minimum Gasteiger partial charge on any atom is -0.481 e. The summed E-state index contributed by atoms with van der Waals surface area (Å²) in [6.45, 7) is 5.47. The minimum atomic E-state index is -4.89. The molecule has 2 fully saturated rings. The summed E-state index contributed by atoms with van der Waals surface area (Å²) < 4.78 is 43.6. The van der Waals surface area contributed by atoms with Gasteiger partial charge in [0.25, 0.3) is 5.91 Å². The van der Waals surface area contributed by atoms with E-state index in [1.165, 1.54) is 12.4 Å². The lowest BCUT2D eigenvalue weighted by atomic mass is 9.74. The molecule has 1 amide bonds. The highest BCUT2D eigenvalue weighted by Crippen LogP contribution is 2.54. The van der Waals surface area contributed by atoms with Crippen molar-refractivity contribution in [2.75, 3.05) is 0 Å². The van der Waals surface area contributed by atoms with Gasteiger partial charge in [-0.05, 0) is 50.4 Å². The lowest BCUT2D eigenvalue weighted by molar-refractivity contribution is -0.152. The Morgan fingerprint density at radius 2 is 1.69 bits per heavy atom. The van der Waals surface area contributed by atoms with E-state index in [9.17, 15) is 32.7 Å². The zero-order valence-corrected chi connectivity index (χ0v) is 23.1. The number of hydrogen-bond donors (Lipinski definition) is 2. The van der Waals surface area contributed by atoms with Gasteiger partial charge in [0.1, 0.15) is 0 Å². The van der Waals surface area contributed by atoms with Gasteiger partial charge in [0.05, 0.1) is 38.8 Å². The van der Waals surface area contributed by atoms with Gasteiger partial charge in [-0.2, -0.15) is 18.3 Å². The molecule has 2 aromatic heterocycles. The molecule has 1 unspecified atom stereocenters. The third kappa shape index (κ3) is 5.94. The van der Waals surface area contributed by atoms with Gasteiger partial charge in [0.15, 0.2) is 11.5 Å². The molecule has 212 valence electrons. The second-order valence-corrected chi connectivity index (χ2v) is 12.2. The lowest BCUT2D eigenvalue weighted by Gasteiger charge is -2.34. The van der Waals surface area contributed by atoms with Crippen LogP contribution in [0, 0.1) is 16.7 Å². The lowest BCUT2D eigenvalue weighted by Crippen LogP contribution is -2.40. The molecule has 0 aromatic carbocycles. The maximum Gasteiger partial charge on any atom is 0.433 e. The van der Waals surface area contributed by atoms with Gasteiger partial charge in [0.2, 0.25) is 0 Å². The van der Waals surface area contributed by atoms with Gasteiger partial charge in [-0.3, -0.25) is 24.0 Å². The largest absolute Gasteiger partial charge is 0.481 e. The highest BCUT2D eigenvalue weighted by molar-refractivity contribution is 6.39. The van der Waals surface area contributed by atoms with Gasteiger partial charge in [-0.25, -0.2) is 0 Å². The number of carboxylic acids is 1. The highest BCUT2D eigenvalue weighted by Gasteiger charge is 2.52. The Kier molecular flexibility index (Phi) is 7.81. The SMILES string of the molecule is CC1(C(=O)O)CCC(n2ncc(C(=O)NC(CC(=O)c3c(Cl)cncc3Cl)[C@H]3CC3(C)C)c2C(F)(F)F)CC1. The second-order valence-electron chi connectivity index (χ2n) is 11.4. The summed E-state index contributed by atoms with van der Waals surface area (Å²) >= 11 is 12.2. The predicted octanol–water partition coefficient (Wildman–Crippen LogP) is 6.23. The molecule has 2 N–H and O–H groups in total. The normalized spacial score (nSPS) is 25.1. The van der Waals surface area contributed by atoms with E-state index in [0.717, 1.165) is 10.9 Å². The number of nitrogens with zero attached hydrogens (tertiary/aromatic N) is 3. The summed E-state index contributed by atoms with van der Waals surface area (Å²) in [6, 6.07) is -1.47. The van der Waals surface area contributed by atoms with Gasteiger partial charge in [0, 0.05) is 24.9 Å². The Morgan fingerprint density at radius 3 is 2.18 bits per heavy atom.